The Labute approximate surface area is 101 Å². The van der Waals surface area contributed by atoms with Gasteiger partial charge in [0.2, 0.25) is 0 Å². The van der Waals surface area contributed by atoms with E-state index in [1.54, 1.807) is 0 Å². The minimum absolute atomic E-state index is 0.649. The average molecular weight is 228 g/mol. The molecule has 0 bridgehead atoms. The third kappa shape index (κ3) is 5.83. The lowest BCUT2D eigenvalue weighted by atomic mass is 10.1. The molecule has 0 radical (unpaired) electrons. The Kier molecular flexibility index (Phi) is 7.01. The molecule has 1 heterocycles. The van der Waals surface area contributed by atoms with Crippen LogP contribution in [0.5, 0.6) is 0 Å². The van der Waals surface area contributed by atoms with Crippen LogP contribution >= 0.6 is 0 Å². The van der Waals surface area contributed by atoms with Crippen molar-refractivity contribution in [1.29, 1.82) is 0 Å². The summed E-state index contributed by atoms with van der Waals surface area (Å²) in [5, 5.41) is 3.54. The third-order valence-corrected chi connectivity index (χ3v) is 3.00. The smallest absolute Gasteiger partial charge is 0.0593 e. The van der Waals surface area contributed by atoms with Gasteiger partial charge in [0.1, 0.15) is 0 Å². The average Bonchev–Trinajstić information content (AvgIpc) is 2.25. The Morgan fingerprint density at radius 1 is 1.44 bits per heavy atom. The van der Waals surface area contributed by atoms with Crippen LogP contribution in [-0.2, 0) is 4.74 Å². The highest BCUT2D eigenvalue weighted by Crippen LogP contribution is 2.09. The van der Waals surface area contributed by atoms with Crippen molar-refractivity contribution in [3.8, 4) is 0 Å². The molecule has 1 aliphatic heterocycles. The van der Waals surface area contributed by atoms with E-state index in [9.17, 15) is 0 Å². The molecule has 1 saturated heterocycles. The normalized spacial score (nSPS) is 22.9. The Hall–Kier alpha value is -0.120. The maximum atomic E-state index is 5.63. The number of piperidine rings is 1. The van der Waals surface area contributed by atoms with Gasteiger partial charge in [0.15, 0.2) is 0 Å². The number of nitrogens with one attached hydrogen (secondary N) is 1. The lowest BCUT2D eigenvalue weighted by molar-refractivity contribution is 0.0751. The van der Waals surface area contributed by atoms with Gasteiger partial charge in [0.05, 0.1) is 6.61 Å². The highest BCUT2D eigenvalue weighted by Gasteiger charge is 2.18. The van der Waals surface area contributed by atoms with Gasteiger partial charge in [0.25, 0.3) is 0 Å². The van der Waals surface area contributed by atoms with E-state index >= 15 is 0 Å². The van der Waals surface area contributed by atoms with Crippen LogP contribution in [0.15, 0.2) is 0 Å². The summed E-state index contributed by atoms with van der Waals surface area (Å²) in [7, 11) is 0. The van der Waals surface area contributed by atoms with Crippen molar-refractivity contribution in [2.24, 2.45) is 5.92 Å². The maximum absolute atomic E-state index is 5.63. The van der Waals surface area contributed by atoms with E-state index in [1.165, 1.54) is 25.9 Å². The SMILES string of the molecule is CCNC1CCCN(CCOCC(C)C)C1. The van der Waals surface area contributed by atoms with Crippen molar-refractivity contribution in [3.63, 3.8) is 0 Å². The Morgan fingerprint density at radius 3 is 2.94 bits per heavy atom. The standard InChI is InChI=1S/C13H28N2O/c1-4-14-13-6-5-7-15(10-13)8-9-16-11-12(2)3/h12-14H,4-11H2,1-3H3. The first-order valence-electron chi connectivity index (χ1n) is 6.75. The molecule has 0 amide bonds. The predicted octanol–water partition coefficient (Wildman–Crippen LogP) is 1.73. The van der Waals surface area contributed by atoms with Crippen LogP contribution < -0.4 is 5.32 Å². The summed E-state index contributed by atoms with van der Waals surface area (Å²) in [6.07, 6.45) is 2.65. The molecular formula is C13H28N2O. The first kappa shape index (κ1) is 13.9. The highest BCUT2D eigenvalue weighted by molar-refractivity contribution is 4.77. The zero-order chi connectivity index (χ0) is 11.8. The molecule has 0 aliphatic carbocycles. The molecule has 0 aromatic carbocycles. The Balaban J connectivity index is 2.07. The zero-order valence-corrected chi connectivity index (χ0v) is 11.2. The summed E-state index contributed by atoms with van der Waals surface area (Å²) in [6.45, 7) is 13.0. The maximum Gasteiger partial charge on any atom is 0.0593 e. The van der Waals surface area contributed by atoms with Gasteiger partial charge in [-0.3, -0.25) is 4.90 Å². The summed E-state index contributed by atoms with van der Waals surface area (Å²) in [5.74, 6) is 0.649. The van der Waals surface area contributed by atoms with Gasteiger partial charge in [-0.15, -0.1) is 0 Å². The van der Waals surface area contributed by atoms with Crippen LogP contribution in [-0.4, -0.2) is 50.3 Å². The van der Waals surface area contributed by atoms with Gasteiger partial charge in [-0.1, -0.05) is 20.8 Å². The molecule has 1 fully saturated rings. The van der Waals surface area contributed by atoms with Gasteiger partial charge in [-0.2, -0.15) is 0 Å². The molecule has 1 rings (SSSR count). The number of likely N-dealkylation sites (tertiary alicyclic amines) is 1. The van der Waals surface area contributed by atoms with Crippen LogP contribution in [0.4, 0.5) is 0 Å². The van der Waals surface area contributed by atoms with Crippen molar-refractivity contribution >= 4 is 0 Å². The second-order valence-electron chi connectivity index (χ2n) is 5.17. The molecule has 16 heavy (non-hydrogen) atoms. The van der Waals surface area contributed by atoms with Crippen molar-refractivity contribution < 1.29 is 4.74 Å². The van der Waals surface area contributed by atoms with E-state index in [4.69, 9.17) is 4.74 Å². The molecule has 3 heteroatoms. The fourth-order valence-corrected chi connectivity index (χ4v) is 2.23. The van der Waals surface area contributed by atoms with Gasteiger partial charge >= 0.3 is 0 Å². The first-order valence-corrected chi connectivity index (χ1v) is 6.75. The minimum Gasteiger partial charge on any atom is -0.380 e. The quantitative estimate of drug-likeness (QED) is 0.672. The molecule has 96 valence electrons. The summed E-state index contributed by atoms with van der Waals surface area (Å²) >= 11 is 0. The van der Waals surface area contributed by atoms with E-state index in [1.807, 2.05) is 0 Å². The number of rotatable bonds is 7. The van der Waals surface area contributed by atoms with Crippen LogP contribution in [0.1, 0.15) is 33.6 Å². The first-order chi connectivity index (χ1) is 7.72. The van der Waals surface area contributed by atoms with Crippen LogP contribution in [0.25, 0.3) is 0 Å². The topological polar surface area (TPSA) is 24.5 Å². The summed E-state index contributed by atoms with van der Waals surface area (Å²) in [5.41, 5.74) is 0. The number of hydrogen-bond acceptors (Lipinski definition) is 3. The van der Waals surface area contributed by atoms with Crippen LogP contribution in [0, 0.1) is 5.92 Å². The molecule has 1 unspecified atom stereocenters. The van der Waals surface area contributed by atoms with Gasteiger partial charge in [-0.25, -0.2) is 0 Å². The Morgan fingerprint density at radius 2 is 2.25 bits per heavy atom. The summed E-state index contributed by atoms with van der Waals surface area (Å²) < 4.78 is 5.63. The molecule has 1 N–H and O–H groups in total. The summed E-state index contributed by atoms with van der Waals surface area (Å²) in [4.78, 5) is 2.52. The van der Waals surface area contributed by atoms with E-state index in [-0.39, 0.29) is 0 Å². The van der Waals surface area contributed by atoms with Gasteiger partial charge in [0, 0.05) is 25.7 Å². The van der Waals surface area contributed by atoms with E-state index in [0.29, 0.717) is 12.0 Å². The monoisotopic (exact) mass is 228 g/mol. The number of hydrogen-bond donors (Lipinski definition) is 1. The number of likely N-dealkylation sites (N-methyl/N-ethyl adjacent to an activating group) is 1. The highest BCUT2D eigenvalue weighted by atomic mass is 16.5. The van der Waals surface area contributed by atoms with Gasteiger partial charge in [-0.05, 0) is 31.8 Å². The molecule has 1 aliphatic rings. The van der Waals surface area contributed by atoms with Crippen LogP contribution in [0.3, 0.4) is 0 Å². The minimum atomic E-state index is 0.649. The third-order valence-electron chi connectivity index (χ3n) is 3.00. The molecule has 0 aromatic heterocycles. The lowest BCUT2D eigenvalue weighted by Gasteiger charge is -2.33. The van der Waals surface area contributed by atoms with Crippen molar-refractivity contribution in [1.82, 2.24) is 10.2 Å². The molecule has 0 saturated carbocycles. The molecule has 1 atom stereocenters. The number of ether oxygens (including phenoxy) is 1. The van der Waals surface area contributed by atoms with E-state index in [0.717, 1.165) is 26.3 Å². The van der Waals surface area contributed by atoms with Crippen molar-refractivity contribution in [2.45, 2.75) is 39.7 Å². The fraction of sp³-hybridized carbons (Fsp3) is 1.00. The lowest BCUT2D eigenvalue weighted by Crippen LogP contribution is -2.46. The fourth-order valence-electron chi connectivity index (χ4n) is 2.23. The number of nitrogens with zero attached hydrogens (tertiary/aromatic N) is 1. The largest absolute Gasteiger partial charge is 0.380 e. The Bertz CT molecular complexity index is 171. The van der Waals surface area contributed by atoms with E-state index < -0.39 is 0 Å². The summed E-state index contributed by atoms with van der Waals surface area (Å²) in [6, 6.07) is 0.698. The molecule has 3 nitrogen and oxygen atoms in total. The molecule has 0 spiro atoms. The van der Waals surface area contributed by atoms with Gasteiger partial charge < -0.3 is 10.1 Å². The molecule has 0 aromatic rings. The zero-order valence-electron chi connectivity index (χ0n) is 11.2. The second kappa shape index (κ2) is 8.04. The van der Waals surface area contributed by atoms with Crippen molar-refractivity contribution in [3.05, 3.63) is 0 Å². The molecular weight excluding hydrogens is 200 g/mol. The van der Waals surface area contributed by atoms with Crippen LogP contribution in [0.2, 0.25) is 0 Å². The van der Waals surface area contributed by atoms with Crippen molar-refractivity contribution in [2.75, 3.05) is 39.4 Å². The second-order valence-corrected chi connectivity index (χ2v) is 5.17. The van der Waals surface area contributed by atoms with E-state index in [2.05, 4.69) is 31.0 Å². The predicted molar refractivity (Wildman–Crippen MR) is 68.8 cm³/mol.